The molecule has 1 aliphatic heterocycles. The Morgan fingerprint density at radius 3 is 2.44 bits per heavy atom. The van der Waals surface area contributed by atoms with E-state index in [0.717, 1.165) is 35.1 Å². The van der Waals surface area contributed by atoms with Crippen LogP contribution in [0.1, 0.15) is 19.4 Å². The normalized spacial score (nSPS) is 17.2. The number of thioether (sulfide) groups is 1. The van der Waals surface area contributed by atoms with Gasteiger partial charge in [0, 0.05) is 0 Å². The first-order valence-electron chi connectivity index (χ1n) is 7.26. The lowest BCUT2D eigenvalue weighted by Gasteiger charge is -2.18. The number of imide groups is 1. The molecule has 134 valence electrons. The summed E-state index contributed by atoms with van der Waals surface area (Å²) in [5.74, 6) is -0.325. The quantitative estimate of drug-likeness (QED) is 0.296. The predicted molar refractivity (Wildman–Crippen MR) is 112 cm³/mol. The van der Waals surface area contributed by atoms with Crippen molar-refractivity contribution in [2.75, 3.05) is 13.7 Å². The Kier molecular flexibility index (Phi) is 7.14. The van der Waals surface area contributed by atoms with E-state index in [4.69, 9.17) is 4.74 Å². The van der Waals surface area contributed by atoms with E-state index in [1.165, 1.54) is 14.0 Å². The molecule has 1 heterocycles. The highest BCUT2D eigenvalue weighted by Crippen LogP contribution is 2.35. The first-order valence-corrected chi connectivity index (χ1v) is 10.2. The summed E-state index contributed by atoms with van der Waals surface area (Å²) < 4.78 is 12.0. The van der Waals surface area contributed by atoms with Crippen LogP contribution < -0.4 is 4.74 Å². The SMILES string of the molecule is CCOc1c(I)cc(/C=C2/SC(=O)N([C@H](C)C(=O)OC)C2=O)cc1I. The zero-order valence-electron chi connectivity index (χ0n) is 13.7. The van der Waals surface area contributed by atoms with Crippen LogP contribution in [-0.4, -0.2) is 41.8 Å². The number of halogens is 2. The molecule has 0 N–H and O–H groups in total. The number of esters is 1. The first-order chi connectivity index (χ1) is 11.8. The van der Waals surface area contributed by atoms with E-state index in [-0.39, 0.29) is 4.91 Å². The maximum atomic E-state index is 12.5. The highest BCUT2D eigenvalue weighted by molar-refractivity contribution is 14.1. The average molecular weight is 587 g/mol. The average Bonchev–Trinajstić information content (AvgIpc) is 2.83. The molecule has 0 radical (unpaired) electrons. The van der Waals surface area contributed by atoms with Gasteiger partial charge in [-0.15, -0.1) is 0 Å². The fourth-order valence-electron chi connectivity index (χ4n) is 2.19. The molecule has 6 nitrogen and oxygen atoms in total. The molecule has 25 heavy (non-hydrogen) atoms. The monoisotopic (exact) mass is 587 g/mol. The zero-order valence-corrected chi connectivity index (χ0v) is 18.8. The molecule has 0 saturated carbocycles. The second-order valence-corrected chi connectivity index (χ2v) is 8.32. The van der Waals surface area contributed by atoms with Gasteiger partial charge in [0.15, 0.2) is 0 Å². The molecule has 1 atom stereocenters. The maximum absolute atomic E-state index is 12.5. The van der Waals surface area contributed by atoms with Crippen molar-refractivity contribution in [3.05, 3.63) is 29.7 Å². The van der Waals surface area contributed by atoms with Crippen molar-refractivity contribution in [3.63, 3.8) is 0 Å². The number of carbonyl (C=O) groups excluding carboxylic acids is 3. The number of nitrogens with zero attached hydrogens (tertiary/aromatic N) is 1. The first kappa shape index (κ1) is 20.5. The van der Waals surface area contributed by atoms with Crippen LogP contribution >= 0.6 is 56.9 Å². The number of methoxy groups -OCH3 is 1. The molecule has 1 fully saturated rings. The summed E-state index contributed by atoms with van der Waals surface area (Å²) >= 11 is 5.15. The lowest BCUT2D eigenvalue weighted by Crippen LogP contribution is -2.42. The van der Waals surface area contributed by atoms with E-state index >= 15 is 0 Å². The topological polar surface area (TPSA) is 72.9 Å². The minimum atomic E-state index is -0.955. The largest absolute Gasteiger partial charge is 0.492 e. The van der Waals surface area contributed by atoms with Gasteiger partial charge >= 0.3 is 5.97 Å². The Balaban J connectivity index is 2.32. The van der Waals surface area contributed by atoms with Gasteiger partial charge in [-0.3, -0.25) is 14.5 Å². The van der Waals surface area contributed by atoms with Crippen molar-refractivity contribution in [2.24, 2.45) is 0 Å². The van der Waals surface area contributed by atoms with Crippen LogP contribution in [0, 0.1) is 7.14 Å². The minimum Gasteiger partial charge on any atom is -0.492 e. The van der Waals surface area contributed by atoms with E-state index in [1.807, 2.05) is 19.1 Å². The third-order valence-electron chi connectivity index (χ3n) is 3.36. The summed E-state index contributed by atoms with van der Waals surface area (Å²) in [4.78, 5) is 37.4. The molecular weight excluding hydrogens is 572 g/mol. The van der Waals surface area contributed by atoms with Gasteiger partial charge in [0.05, 0.1) is 25.8 Å². The third kappa shape index (κ3) is 4.48. The summed E-state index contributed by atoms with van der Waals surface area (Å²) in [6, 6.07) is 2.81. The number of amides is 2. The van der Waals surface area contributed by atoms with E-state index in [0.29, 0.717) is 6.61 Å². The Hall–Kier alpha value is -0.820. The van der Waals surface area contributed by atoms with Crippen LogP contribution in [0.4, 0.5) is 4.79 Å². The van der Waals surface area contributed by atoms with Crippen molar-refractivity contribution in [3.8, 4) is 5.75 Å². The molecule has 9 heteroatoms. The summed E-state index contributed by atoms with van der Waals surface area (Å²) in [6.45, 7) is 3.95. The molecule has 0 unspecified atom stereocenters. The molecule has 0 aliphatic carbocycles. The van der Waals surface area contributed by atoms with Crippen LogP contribution in [0.3, 0.4) is 0 Å². The van der Waals surface area contributed by atoms with Crippen molar-refractivity contribution in [1.82, 2.24) is 4.90 Å². The highest BCUT2D eigenvalue weighted by Gasteiger charge is 2.41. The second kappa shape index (κ2) is 8.71. The predicted octanol–water partition coefficient (Wildman–Crippen LogP) is 3.89. The second-order valence-electron chi connectivity index (χ2n) is 5.00. The molecule has 1 aliphatic rings. The van der Waals surface area contributed by atoms with Gasteiger partial charge < -0.3 is 9.47 Å². The molecular formula is C16H15I2NO5S. The zero-order chi connectivity index (χ0) is 18.7. The van der Waals surface area contributed by atoms with E-state index in [1.54, 1.807) is 6.08 Å². The van der Waals surface area contributed by atoms with Gasteiger partial charge in [0.2, 0.25) is 0 Å². The molecule has 1 saturated heterocycles. The summed E-state index contributed by atoms with van der Waals surface area (Å²) in [5, 5.41) is -0.482. The van der Waals surface area contributed by atoms with Crippen molar-refractivity contribution in [2.45, 2.75) is 19.9 Å². The van der Waals surface area contributed by atoms with Gasteiger partial charge in [0.1, 0.15) is 11.8 Å². The van der Waals surface area contributed by atoms with Gasteiger partial charge in [-0.25, -0.2) is 4.79 Å². The highest BCUT2D eigenvalue weighted by atomic mass is 127. The number of ether oxygens (including phenoxy) is 2. The summed E-state index contributed by atoms with van der Waals surface area (Å²) in [5.41, 5.74) is 0.786. The van der Waals surface area contributed by atoms with Gasteiger partial charge in [0.25, 0.3) is 11.1 Å². The Labute approximate surface area is 177 Å². The number of benzene rings is 1. The lowest BCUT2D eigenvalue weighted by atomic mass is 10.2. The smallest absolute Gasteiger partial charge is 0.328 e. The standard InChI is InChI=1S/C16H15I2NO5S/c1-4-24-13-10(17)5-9(6-11(13)18)7-12-14(20)19(16(22)25-12)8(2)15(21)23-3/h5-8H,4H2,1-3H3/b12-7+/t8-/m1/s1. The van der Waals surface area contributed by atoms with E-state index < -0.39 is 23.2 Å². The lowest BCUT2D eigenvalue weighted by molar-refractivity contribution is -0.148. The van der Waals surface area contributed by atoms with Gasteiger partial charge in [-0.05, 0) is 94.6 Å². The molecule has 0 spiro atoms. The van der Waals surface area contributed by atoms with Crippen LogP contribution in [0.2, 0.25) is 0 Å². The molecule has 1 aromatic rings. The van der Waals surface area contributed by atoms with Gasteiger partial charge in [-0.2, -0.15) is 0 Å². The Bertz CT molecular complexity index is 742. The van der Waals surface area contributed by atoms with Crippen LogP contribution in [-0.2, 0) is 14.3 Å². The Morgan fingerprint density at radius 1 is 1.32 bits per heavy atom. The number of rotatable bonds is 5. The maximum Gasteiger partial charge on any atom is 0.328 e. The molecule has 2 rings (SSSR count). The van der Waals surface area contributed by atoms with E-state index in [2.05, 4.69) is 49.9 Å². The van der Waals surface area contributed by atoms with Gasteiger partial charge in [-0.1, -0.05) is 0 Å². The fraction of sp³-hybridized carbons (Fsp3) is 0.312. The molecule has 0 bridgehead atoms. The number of hydrogen-bond acceptors (Lipinski definition) is 6. The Morgan fingerprint density at radius 2 is 1.92 bits per heavy atom. The van der Waals surface area contributed by atoms with Crippen molar-refractivity contribution < 1.29 is 23.9 Å². The van der Waals surface area contributed by atoms with Crippen LogP contribution in [0.25, 0.3) is 6.08 Å². The molecule has 2 amide bonds. The molecule has 0 aromatic heterocycles. The fourth-order valence-corrected chi connectivity index (χ4v) is 5.22. The minimum absolute atomic E-state index is 0.275. The van der Waals surface area contributed by atoms with Crippen molar-refractivity contribution >= 4 is 80.1 Å². The number of carbonyl (C=O) groups is 3. The summed E-state index contributed by atoms with van der Waals surface area (Å²) in [6.07, 6.45) is 1.65. The summed E-state index contributed by atoms with van der Waals surface area (Å²) in [7, 11) is 1.22. The van der Waals surface area contributed by atoms with Crippen LogP contribution in [0.15, 0.2) is 17.0 Å². The van der Waals surface area contributed by atoms with Crippen molar-refractivity contribution in [1.29, 1.82) is 0 Å². The third-order valence-corrected chi connectivity index (χ3v) is 5.85. The molecule has 1 aromatic carbocycles. The number of hydrogen-bond donors (Lipinski definition) is 0. The van der Waals surface area contributed by atoms with E-state index in [9.17, 15) is 14.4 Å². The van der Waals surface area contributed by atoms with Crippen LogP contribution in [0.5, 0.6) is 5.75 Å².